The first-order valence-corrected chi connectivity index (χ1v) is 3.69. The topological polar surface area (TPSA) is 110 Å². The molecule has 1 saturated heterocycles. The van der Waals surface area contributed by atoms with Gasteiger partial charge in [-0.2, -0.15) is 0 Å². The molecule has 6 heteroatoms. The van der Waals surface area contributed by atoms with E-state index in [-0.39, 0.29) is 0 Å². The molecule has 76 valence electrons. The average molecular weight is 192 g/mol. The molecule has 1 heterocycles. The van der Waals surface area contributed by atoms with Crippen LogP contribution in [-0.4, -0.2) is 62.3 Å². The summed E-state index contributed by atoms with van der Waals surface area (Å²) in [6.07, 6.45) is -3.12. The second-order valence-corrected chi connectivity index (χ2v) is 3.06. The van der Waals surface area contributed by atoms with E-state index in [0.29, 0.717) is 0 Å². The number of ether oxygens (including phenoxy) is 1. The van der Waals surface area contributed by atoms with Gasteiger partial charge in [0.25, 0.3) is 0 Å². The van der Waals surface area contributed by atoms with Crippen LogP contribution in [0.15, 0.2) is 0 Å². The van der Waals surface area contributed by atoms with Gasteiger partial charge in [-0.25, -0.2) is 0 Å². The predicted octanol–water partition coefficient (Wildman–Crippen LogP) is -3.14. The number of hydrogen-bond donors (Lipinski definition) is 5. The van der Waals surface area contributed by atoms with Gasteiger partial charge in [0.05, 0.1) is 19.3 Å². The summed E-state index contributed by atoms with van der Waals surface area (Å²) in [4.78, 5) is 0. The lowest BCUT2D eigenvalue weighted by molar-refractivity contribution is -0.285. The molecule has 0 spiro atoms. The summed E-state index contributed by atoms with van der Waals surface area (Å²) in [5, 5.41) is 45.4. The van der Waals surface area contributed by atoms with Crippen LogP contribution in [0.3, 0.4) is 0 Å². The van der Waals surface area contributed by atoms with Crippen LogP contribution in [0.2, 0.25) is 0 Å². The molecular formula is C7H12O6. The fourth-order valence-electron chi connectivity index (χ4n) is 1.27. The van der Waals surface area contributed by atoms with Crippen LogP contribution in [0.1, 0.15) is 0 Å². The third-order valence-corrected chi connectivity index (χ3v) is 2.27. The molecule has 0 saturated carbocycles. The van der Waals surface area contributed by atoms with E-state index in [1.54, 1.807) is 0 Å². The van der Waals surface area contributed by atoms with Crippen LogP contribution >= 0.6 is 0 Å². The van der Waals surface area contributed by atoms with Gasteiger partial charge in [0.1, 0.15) is 6.10 Å². The zero-order chi connectivity index (χ0) is 10.3. The van der Waals surface area contributed by atoms with Gasteiger partial charge in [-0.3, -0.25) is 0 Å². The molecule has 1 fully saturated rings. The number of rotatable bonds is 2. The van der Waals surface area contributed by atoms with Gasteiger partial charge in [-0.1, -0.05) is 0 Å². The Kier molecular flexibility index (Phi) is 2.63. The molecule has 0 bridgehead atoms. The number of aliphatic hydroxyl groups excluding tert-OH is 3. The minimum Gasteiger partial charge on any atom is -0.393 e. The molecule has 1 unspecified atom stereocenters. The lowest BCUT2D eigenvalue weighted by atomic mass is 9.92. The summed E-state index contributed by atoms with van der Waals surface area (Å²) in [6, 6.07) is 0. The summed E-state index contributed by atoms with van der Waals surface area (Å²) in [6.45, 7) is 3.45. The molecule has 1 aliphatic rings. The first kappa shape index (κ1) is 10.8. The summed E-state index contributed by atoms with van der Waals surface area (Å²) in [7, 11) is 0. The molecule has 13 heavy (non-hydrogen) atoms. The lowest BCUT2D eigenvalue weighted by Gasteiger charge is -2.34. The highest BCUT2D eigenvalue weighted by Gasteiger charge is 2.63. The van der Waals surface area contributed by atoms with Crippen molar-refractivity contribution in [3.63, 3.8) is 0 Å². The summed E-state index contributed by atoms with van der Waals surface area (Å²) in [5.74, 6) is -2.75. The largest absolute Gasteiger partial charge is 0.393 e. The van der Waals surface area contributed by atoms with Crippen molar-refractivity contribution >= 4 is 0 Å². The molecule has 0 aromatic heterocycles. The molecule has 0 aromatic rings. The molecule has 2 atom stereocenters. The van der Waals surface area contributed by atoms with E-state index in [2.05, 4.69) is 0 Å². The van der Waals surface area contributed by atoms with E-state index >= 15 is 0 Å². The Morgan fingerprint density at radius 2 is 1.69 bits per heavy atom. The number of aliphatic hydroxyl groups is 5. The highest BCUT2D eigenvalue weighted by Crippen LogP contribution is 2.37. The molecular weight excluding hydrogens is 180 g/mol. The van der Waals surface area contributed by atoms with E-state index in [9.17, 15) is 10.2 Å². The Balaban J connectivity index is 3.00. The van der Waals surface area contributed by atoms with Crippen molar-refractivity contribution in [2.75, 3.05) is 13.2 Å². The fourth-order valence-corrected chi connectivity index (χ4v) is 1.27. The maximum absolute atomic E-state index is 9.32. The van der Waals surface area contributed by atoms with E-state index < -0.39 is 36.8 Å². The Hall–Kier alpha value is -0.240. The van der Waals surface area contributed by atoms with Crippen molar-refractivity contribution in [2.24, 2.45) is 0 Å². The highest BCUT2D eigenvalue weighted by atomic mass is 16.6. The summed E-state index contributed by atoms with van der Waals surface area (Å²) < 4.78 is 4.70. The van der Waals surface area contributed by atoms with Gasteiger partial charge >= 0.3 is 0 Å². The van der Waals surface area contributed by atoms with Crippen LogP contribution in [0, 0.1) is 6.92 Å². The third-order valence-electron chi connectivity index (χ3n) is 2.27. The second kappa shape index (κ2) is 3.16. The maximum Gasteiger partial charge on any atom is 0.226 e. The smallest absolute Gasteiger partial charge is 0.226 e. The minimum absolute atomic E-state index is 0.860. The predicted molar refractivity (Wildman–Crippen MR) is 39.3 cm³/mol. The monoisotopic (exact) mass is 192 g/mol. The Bertz CT molecular complexity index is 187. The Morgan fingerprint density at radius 1 is 1.23 bits per heavy atom. The molecule has 2 radical (unpaired) electrons. The average Bonchev–Trinajstić information content (AvgIpc) is 2.27. The standard InChI is InChI=1S/C7H12O6/c1-4-5(10)7(11,12)6(2-8,3-9)13-4/h1,4-5,8-12H,2-3H2/t4-,5?/m0/s1. The van der Waals surface area contributed by atoms with Crippen molar-refractivity contribution in [1.29, 1.82) is 0 Å². The normalized spacial score (nSPS) is 36.5. The molecule has 0 amide bonds. The summed E-state index contributed by atoms with van der Waals surface area (Å²) in [5.41, 5.74) is -2.04. The molecule has 0 aromatic carbocycles. The van der Waals surface area contributed by atoms with Crippen LogP contribution in [0.4, 0.5) is 0 Å². The van der Waals surface area contributed by atoms with Crippen molar-refractivity contribution < 1.29 is 30.3 Å². The van der Waals surface area contributed by atoms with Crippen molar-refractivity contribution in [1.82, 2.24) is 0 Å². The quantitative estimate of drug-likeness (QED) is 0.296. The second-order valence-electron chi connectivity index (χ2n) is 3.06. The van der Waals surface area contributed by atoms with Gasteiger partial charge in [0, 0.05) is 0 Å². The Labute approximate surface area is 75.0 Å². The van der Waals surface area contributed by atoms with Gasteiger partial charge in [0.15, 0.2) is 5.60 Å². The van der Waals surface area contributed by atoms with Crippen molar-refractivity contribution in [2.45, 2.75) is 23.6 Å². The van der Waals surface area contributed by atoms with E-state index in [1.807, 2.05) is 0 Å². The van der Waals surface area contributed by atoms with Crippen molar-refractivity contribution in [3.05, 3.63) is 6.92 Å². The molecule has 0 aliphatic carbocycles. The fraction of sp³-hybridized carbons (Fsp3) is 0.857. The van der Waals surface area contributed by atoms with E-state index in [4.69, 9.17) is 27.0 Å². The van der Waals surface area contributed by atoms with Gasteiger partial charge in [0.2, 0.25) is 5.79 Å². The van der Waals surface area contributed by atoms with Gasteiger partial charge in [-0.05, 0) is 6.92 Å². The first-order chi connectivity index (χ1) is 5.91. The molecule has 5 N–H and O–H groups in total. The van der Waals surface area contributed by atoms with Crippen LogP contribution in [0.5, 0.6) is 0 Å². The first-order valence-electron chi connectivity index (χ1n) is 3.69. The summed E-state index contributed by atoms with van der Waals surface area (Å²) >= 11 is 0. The highest BCUT2D eigenvalue weighted by molar-refractivity contribution is 5.07. The third kappa shape index (κ3) is 1.26. The molecule has 1 rings (SSSR count). The minimum atomic E-state index is -2.75. The van der Waals surface area contributed by atoms with Crippen LogP contribution < -0.4 is 0 Å². The number of hydrogen-bond acceptors (Lipinski definition) is 6. The van der Waals surface area contributed by atoms with Gasteiger partial charge < -0.3 is 30.3 Å². The van der Waals surface area contributed by atoms with Gasteiger partial charge in [-0.15, -0.1) is 0 Å². The Morgan fingerprint density at radius 3 is 1.85 bits per heavy atom. The SMILES string of the molecule is [CH][C@@H]1OC(CO)(CO)C(O)(O)C1O. The zero-order valence-electron chi connectivity index (χ0n) is 6.79. The molecule has 1 aliphatic heterocycles. The van der Waals surface area contributed by atoms with Crippen LogP contribution in [0.25, 0.3) is 0 Å². The van der Waals surface area contributed by atoms with E-state index in [0.717, 1.165) is 0 Å². The van der Waals surface area contributed by atoms with Crippen molar-refractivity contribution in [3.8, 4) is 0 Å². The van der Waals surface area contributed by atoms with E-state index in [1.165, 1.54) is 0 Å². The van der Waals surface area contributed by atoms with Crippen LogP contribution in [-0.2, 0) is 4.74 Å². The maximum atomic E-state index is 9.32. The molecule has 6 nitrogen and oxygen atoms in total. The lowest BCUT2D eigenvalue weighted by Crippen LogP contribution is -2.60. The zero-order valence-corrected chi connectivity index (χ0v) is 6.79.